The molecule has 1 N–H and O–H groups in total. The van der Waals surface area contributed by atoms with Crippen LogP contribution in [0.4, 0.5) is 5.95 Å². The second-order valence-corrected chi connectivity index (χ2v) is 4.08. The van der Waals surface area contributed by atoms with Crippen molar-refractivity contribution in [1.82, 2.24) is 25.0 Å². The van der Waals surface area contributed by atoms with E-state index in [9.17, 15) is 0 Å². The molecular weight excluding hydrogens is 216 g/mol. The summed E-state index contributed by atoms with van der Waals surface area (Å²) in [5, 5.41) is 15.4. The van der Waals surface area contributed by atoms with Gasteiger partial charge in [-0.3, -0.25) is 4.68 Å². The summed E-state index contributed by atoms with van der Waals surface area (Å²) < 4.78 is 1.87. The Morgan fingerprint density at radius 3 is 2.76 bits per heavy atom. The first-order valence-corrected chi connectivity index (χ1v) is 5.57. The molecule has 0 aliphatic rings. The molecule has 1 atom stereocenters. The largest absolute Gasteiger partial charge is 0.349 e. The fourth-order valence-electron chi connectivity index (χ4n) is 1.47. The number of aromatic nitrogens is 5. The van der Waals surface area contributed by atoms with E-state index in [2.05, 4.69) is 32.5 Å². The number of hydrogen-bond donors (Lipinski definition) is 1. The molecule has 90 valence electrons. The van der Waals surface area contributed by atoms with E-state index in [1.807, 2.05) is 30.8 Å². The lowest BCUT2D eigenvalue weighted by Gasteiger charge is -2.13. The van der Waals surface area contributed by atoms with Crippen LogP contribution in [0.5, 0.6) is 0 Å². The number of nitrogens with zero attached hydrogens (tertiary/aromatic N) is 5. The van der Waals surface area contributed by atoms with Crippen molar-refractivity contribution in [2.24, 2.45) is 0 Å². The third kappa shape index (κ3) is 2.99. The summed E-state index contributed by atoms with van der Waals surface area (Å²) in [5.41, 5.74) is 1.75. The van der Waals surface area contributed by atoms with E-state index < -0.39 is 0 Å². The maximum atomic E-state index is 4.33. The molecule has 0 amide bonds. The molecule has 2 aromatic heterocycles. The Bertz CT molecular complexity index is 479. The topological polar surface area (TPSA) is 68.5 Å². The molecule has 0 saturated carbocycles. The molecular formula is C11H16N6. The van der Waals surface area contributed by atoms with Crippen LogP contribution in [-0.4, -0.2) is 31.0 Å². The van der Waals surface area contributed by atoms with Gasteiger partial charge >= 0.3 is 0 Å². The Balaban J connectivity index is 1.98. The van der Waals surface area contributed by atoms with Crippen LogP contribution in [0.1, 0.15) is 18.3 Å². The van der Waals surface area contributed by atoms with Crippen LogP contribution in [-0.2, 0) is 6.54 Å². The number of hydrogen-bond acceptors (Lipinski definition) is 5. The van der Waals surface area contributed by atoms with Crippen LogP contribution in [0.2, 0.25) is 0 Å². The van der Waals surface area contributed by atoms with Gasteiger partial charge < -0.3 is 5.32 Å². The van der Waals surface area contributed by atoms with Crippen LogP contribution >= 0.6 is 0 Å². The maximum Gasteiger partial charge on any atom is 0.243 e. The Labute approximate surface area is 100 Å². The second-order valence-electron chi connectivity index (χ2n) is 4.08. The van der Waals surface area contributed by atoms with Crippen LogP contribution < -0.4 is 5.32 Å². The van der Waals surface area contributed by atoms with Crippen molar-refractivity contribution < 1.29 is 0 Å². The van der Waals surface area contributed by atoms with Gasteiger partial charge in [0.15, 0.2) is 0 Å². The van der Waals surface area contributed by atoms with Gasteiger partial charge in [0.2, 0.25) is 5.95 Å². The minimum absolute atomic E-state index is 0.193. The Kier molecular flexibility index (Phi) is 3.32. The van der Waals surface area contributed by atoms with Gasteiger partial charge in [-0.1, -0.05) is 0 Å². The first-order valence-electron chi connectivity index (χ1n) is 5.57. The molecule has 2 heterocycles. The van der Waals surface area contributed by atoms with E-state index in [0.717, 1.165) is 17.9 Å². The molecule has 0 aliphatic heterocycles. The molecule has 2 rings (SSSR count). The fourth-order valence-corrected chi connectivity index (χ4v) is 1.47. The lowest BCUT2D eigenvalue weighted by molar-refractivity contribution is 0.557. The monoisotopic (exact) mass is 232 g/mol. The number of anilines is 1. The van der Waals surface area contributed by atoms with Crippen LogP contribution in [0.3, 0.4) is 0 Å². The molecule has 6 nitrogen and oxygen atoms in total. The van der Waals surface area contributed by atoms with E-state index in [0.29, 0.717) is 5.95 Å². The molecule has 0 spiro atoms. The molecule has 0 fully saturated rings. The first kappa shape index (κ1) is 11.5. The predicted octanol–water partition coefficient (Wildman–Crippen LogP) is 1.19. The average Bonchev–Trinajstić information content (AvgIpc) is 2.76. The van der Waals surface area contributed by atoms with Gasteiger partial charge in [0.25, 0.3) is 0 Å². The Morgan fingerprint density at radius 2 is 2.12 bits per heavy atom. The maximum absolute atomic E-state index is 4.33. The van der Waals surface area contributed by atoms with Crippen molar-refractivity contribution in [3.8, 4) is 0 Å². The molecule has 0 bridgehead atoms. The molecule has 2 aromatic rings. The quantitative estimate of drug-likeness (QED) is 0.857. The first-order chi connectivity index (χ1) is 8.15. The van der Waals surface area contributed by atoms with E-state index in [1.165, 1.54) is 0 Å². The molecule has 6 heteroatoms. The standard InChI is InChI=1S/C11H16N6/c1-8(7-17-6-4-5-12-17)13-11-14-9(2)10(3)15-16-11/h4-6,8H,7H2,1-3H3,(H,13,14,16). The minimum atomic E-state index is 0.193. The Hall–Kier alpha value is -1.98. The third-order valence-electron chi connectivity index (χ3n) is 2.49. The van der Waals surface area contributed by atoms with Gasteiger partial charge in [-0.2, -0.15) is 10.2 Å². The van der Waals surface area contributed by atoms with Crippen molar-refractivity contribution in [3.05, 3.63) is 29.8 Å². The molecule has 0 aliphatic carbocycles. The number of nitrogens with one attached hydrogen (secondary N) is 1. The molecule has 0 aromatic carbocycles. The average molecular weight is 232 g/mol. The number of aryl methyl sites for hydroxylation is 2. The summed E-state index contributed by atoms with van der Waals surface area (Å²) in [6.45, 7) is 6.64. The van der Waals surface area contributed by atoms with Crippen molar-refractivity contribution in [3.63, 3.8) is 0 Å². The van der Waals surface area contributed by atoms with Gasteiger partial charge in [-0.05, 0) is 26.8 Å². The molecule has 0 radical (unpaired) electrons. The summed E-state index contributed by atoms with van der Waals surface area (Å²) in [6, 6.07) is 2.10. The lowest BCUT2D eigenvalue weighted by atomic mass is 10.3. The van der Waals surface area contributed by atoms with Crippen LogP contribution in [0.15, 0.2) is 18.5 Å². The summed E-state index contributed by atoms with van der Waals surface area (Å²) in [7, 11) is 0. The highest BCUT2D eigenvalue weighted by molar-refractivity contribution is 5.25. The van der Waals surface area contributed by atoms with Crippen LogP contribution in [0.25, 0.3) is 0 Å². The van der Waals surface area contributed by atoms with Gasteiger partial charge in [-0.15, -0.1) is 5.10 Å². The SMILES string of the molecule is Cc1nnc(NC(C)Cn2cccn2)nc1C. The van der Waals surface area contributed by atoms with Gasteiger partial charge in [0.05, 0.1) is 17.9 Å². The van der Waals surface area contributed by atoms with Crippen LogP contribution in [0, 0.1) is 13.8 Å². The van der Waals surface area contributed by atoms with E-state index in [4.69, 9.17) is 0 Å². The van der Waals surface area contributed by atoms with Crippen molar-refractivity contribution >= 4 is 5.95 Å². The summed E-state index contributed by atoms with van der Waals surface area (Å²) in [5.74, 6) is 0.563. The van der Waals surface area contributed by atoms with Gasteiger partial charge in [0, 0.05) is 18.4 Å². The lowest BCUT2D eigenvalue weighted by Crippen LogP contribution is -2.24. The zero-order chi connectivity index (χ0) is 12.3. The van der Waals surface area contributed by atoms with Crippen molar-refractivity contribution in [2.75, 3.05) is 5.32 Å². The fraction of sp³-hybridized carbons (Fsp3) is 0.455. The van der Waals surface area contributed by atoms with Gasteiger partial charge in [0.1, 0.15) is 0 Å². The zero-order valence-corrected chi connectivity index (χ0v) is 10.3. The third-order valence-corrected chi connectivity index (χ3v) is 2.49. The second kappa shape index (κ2) is 4.90. The highest BCUT2D eigenvalue weighted by Gasteiger charge is 2.06. The molecule has 0 saturated heterocycles. The highest BCUT2D eigenvalue weighted by atomic mass is 15.3. The zero-order valence-electron chi connectivity index (χ0n) is 10.3. The van der Waals surface area contributed by atoms with E-state index >= 15 is 0 Å². The summed E-state index contributed by atoms with van der Waals surface area (Å²) in [6.07, 6.45) is 3.69. The summed E-state index contributed by atoms with van der Waals surface area (Å²) >= 11 is 0. The number of rotatable bonds is 4. The highest BCUT2D eigenvalue weighted by Crippen LogP contribution is 2.04. The Morgan fingerprint density at radius 1 is 1.29 bits per heavy atom. The van der Waals surface area contributed by atoms with E-state index in [-0.39, 0.29) is 6.04 Å². The van der Waals surface area contributed by atoms with E-state index in [1.54, 1.807) is 6.20 Å². The van der Waals surface area contributed by atoms with Gasteiger partial charge in [-0.25, -0.2) is 4.98 Å². The molecule has 17 heavy (non-hydrogen) atoms. The minimum Gasteiger partial charge on any atom is -0.349 e. The smallest absolute Gasteiger partial charge is 0.243 e. The normalized spacial score (nSPS) is 12.4. The van der Waals surface area contributed by atoms with Crippen molar-refractivity contribution in [2.45, 2.75) is 33.4 Å². The molecule has 1 unspecified atom stereocenters. The predicted molar refractivity (Wildman–Crippen MR) is 64.6 cm³/mol. The summed E-state index contributed by atoms with van der Waals surface area (Å²) in [4.78, 5) is 4.33. The van der Waals surface area contributed by atoms with Crippen molar-refractivity contribution in [1.29, 1.82) is 0 Å².